The summed E-state index contributed by atoms with van der Waals surface area (Å²) in [5.41, 5.74) is 3.25. The van der Waals surface area contributed by atoms with Crippen LogP contribution >= 0.6 is 0 Å². The van der Waals surface area contributed by atoms with E-state index >= 15 is 0 Å². The molecule has 0 atom stereocenters. The van der Waals surface area contributed by atoms with E-state index in [0.29, 0.717) is 0 Å². The maximum absolute atomic E-state index is 3.23. The molecule has 0 radical (unpaired) electrons. The van der Waals surface area contributed by atoms with E-state index in [1.807, 2.05) is 30.3 Å². The highest BCUT2D eigenvalue weighted by Crippen LogP contribution is 2.09. The molecule has 1 aromatic heterocycles. The van der Waals surface area contributed by atoms with Gasteiger partial charge in [0.1, 0.15) is 7.05 Å². The number of hydrogen-bond acceptors (Lipinski definition) is 0. The molecule has 0 saturated carbocycles. The first-order valence-corrected chi connectivity index (χ1v) is 6.29. The minimum Gasteiger partial charge on any atom is -0.187 e. The van der Waals surface area contributed by atoms with Crippen LogP contribution in [-0.4, -0.2) is 0 Å². The highest BCUT2D eigenvalue weighted by atomic mass is 14.9. The van der Waals surface area contributed by atoms with E-state index in [4.69, 9.17) is 0 Å². The first kappa shape index (κ1) is 11.5. The summed E-state index contributed by atoms with van der Waals surface area (Å²) in [4.78, 5) is 0. The fraction of sp³-hybridized carbons (Fsp3) is 0.0556. The van der Waals surface area contributed by atoms with Gasteiger partial charge in [0.2, 0.25) is 5.52 Å². The summed E-state index contributed by atoms with van der Waals surface area (Å²) in [6.07, 6.45) is 0. The van der Waals surface area contributed by atoms with E-state index in [0.717, 1.165) is 11.3 Å². The lowest BCUT2D eigenvalue weighted by molar-refractivity contribution is -0.647. The van der Waals surface area contributed by atoms with E-state index in [-0.39, 0.29) is 0 Å². The Bertz CT molecular complexity index is 777. The zero-order valence-corrected chi connectivity index (χ0v) is 10.8. The molecule has 0 spiro atoms. The maximum atomic E-state index is 3.23. The highest BCUT2D eigenvalue weighted by Gasteiger charge is 2.08. The Morgan fingerprint density at radius 3 is 2.32 bits per heavy atom. The third-order valence-corrected chi connectivity index (χ3v) is 3.19. The molecule has 19 heavy (non-hydrogen) atoms. The standard InChI is InChI=1S/C18H14N/c1-19-17(13-11-15-7-3-2-4-8-15)14-12-16-9-5-6-10-18(16)19/h2-10,12,14H,1H3/q+1. The molecule has 0 aliphatic rings. The van der Waals surface area contributed by atoms with Gasteiger partial charge in [-0.25, -0.2) is 0 Å². The fourth-order valence-corrected chi connectivity index (χ4v) is 2.13. The quantitative estimate of drug-likeness (QED) is 0.423. The van der Waals surface area contributed by atoms with Gasteiger partial charge in [-0.1, -0.05) is 36.3 Å². The molecule has 0 unspecified atom stereocenters. The number of pyridine rings is 1. The Morgan fingerprint density at radius 1 is 0.737 bits per heavy atom. The zero-order chi connectivity index (χ0) is 13.1. The maximum Gasteiger partial charge on any atom is 0.257 e. The van der Waals surface area contributed by atoms with Crippen molar-refractivity contribution in [2.24, 2.45) is 7.05 Å². The van der Waals surface area contributed by atoms with E-state index in [1.165, 1.54) is 10.9 Å². The summed E-state index contributed by atoms with van der Waals surface area (Å²) in [5, 5.41) is 1.23. The van der Waals surface area contributed by atoms with Crippen LogP contribution in [0.4, 0.5) is 0 Å². The number of aryl methyl sites for hydroxylation is 1. The summed E-state index contributed by atoms with van der Waals surface area (Å²) in [6.45, 7) is 0. The minimum atomic E-state index is 1.02. The SMILES string of the molecule is C[n+]1c(C#Cc2ccccc2)ccc2ccccc21. The average Bonchev–Trinajstić information content (AvgIpc) is 2.48. The molecule has 1 heteroatoms. The van der Waals surface area contributed by atoms with E-state index in [9.17, 15) is 0 Å². The highest BCUT2D eigenvalue weighted by molar-refractivity contribution is 5.75. The van der Waals surface area contributed by atoms with Crippen molar-refractivity contribution in [1.82, 2.24) is 0 Å². The fourth-order valence-electron chi connectivity index (χ4n) is 2.13. The second-order valence-electron chi connectivity index (χ2n) is 4.45. The van der Waals surface area contributed by atoms with Gasteiger partial charge in [0, 0.05) is 29.0 Å². The first-order chi connectivity index (χ1) is 9.34. The van der Waals surface area contributed by atoms with Gasteiger partial charge in [-0.3, -0.25) is 0 Å². The second-order valence-corrected chi connectivity index (χ2v) is 4.45. The Kier molecular flexibility index (Phi) is 3.00. The molecular formula is C18H14N+. The van der Waals surface area contributed by atoms with Gasteiger partial charge >= 0.3 is 0 Å². The monoisotopic (exact) mass is 244 g/mol. The van der Waals surface area contributed by atoms with Crippen molar-refractivity contribution in [3.63, 3.8) is 0 Å². The third-order valence-electron chi connectivity index (χ3n) is 3.19. The summed E-state index contributed by atoms with van der Waals surface area (Å²) < 4.78 is 2.13. The Labute approximate surface area is 113 Å². The third kappa shape index (κ3) is 2.34. The van der Waals surface area contributed by atoms with E-state index in [2.05, 4.69) is 59.9 Å². The van der Waals surface area contributed by atoms with E-state index < -0.39 is 0 Å². The second kappa shape index (κ2) is 4.96. The van der Waals surface area contributed by atoms with Crippen LogP contribution in [0.3, 0.4) is 0 Å². The molecule has 0 amide bonds. The molecule has 0 saturated heterocycles. The number of fused-ring (bicyclic) bond motifs is 1. The Morgan fingerprint density at radius 2 is 1.47 bits per heavy atom. The van der Waals surface area contributed by atoms with Crippen LogP contribution in [0.1, 0.15) is 11.3 Å². The molecule has 3 rings (SSSR count). The van der Waals surface area contributed by atoms with Gasteiger partial charge in [-0.2, -0.15) is 4.57 Å². The van der Waals surface area contributed by atoms with Gasteiger partial charge in [-0.15, -0.1) is 0 Å². The normalized spacial score (nSPS) is 9.95. The van der Waals surface area contributed by atoms with Crippen molar-refractivity contribution in [2.75, 3.05) is 0 Å². The molecule has 0 N–H and O–H groups in total. The van der Waals surface area contributed by atoms with Gasteiger partial charge in [0.15, 0.2) is 0 Å². The molecule has 0 aliphatic heterocycles. The summed E-state index contributed by atoms with van der Waals surface area (Å²) in [6, 6.07) is 22.6. The average molecular weight is 244 g/mol. The van der Waals surface area contributed by atoms with Crippen LogP contribution in [0.2, 0.25) is 0 Å². The lowest BCUT2D eigenvalue weighted by Crippen LogP contribution is -2.33. The van der Waals surface area contributed by atoms with Crippen molar-refractivity contribution in [2.45, 2.75) is 0 Å². The Hall–Kier alpha value is -2.59. The van der Waals surface area contributed by atoms with Crippen LogP contribution in [0.25, 0.3) is 10.9 Å². The molecule has 0 aliphatic carbocycles. The van der Waals surface area contributed by atoms with Crippen LogP contribution in [0.15, 0.2) is 66.7 Å². The minimum absolute atomic E-state index is 1.02. The molecule has 0 fully saturated rings. The number of aromatic nitrogens is 1. The van der Waals surface area contributed by atoms with Crippen molar-refractivity contribution >= 4 is 10.9 Å². The van der Waals surface area contributed by atoms with Crippen molar-refractivity contribution < 1.29 is 4.57 Å². The number of benzene rings is 2. The number of para-hydroxylation sites is 1. The summed E-state index contributed by atoms with van der Waals surface area (Å²) in [7, 11) is 2.05. The van der Waals surface area contributed by atoms with Crippen LogP contribution in [0, 0.1) is 11.8 Å². The first-order valence-electron chi connectivity index (χ1n) is 6.29. The van der Waals surface area contributed by atoms with Gasteiger partial charge in [-0.05, 0) is 24.3 Å². The number of nitrogens with zero attached hydrogens (tertiary/aromatic N) is 1. The molecule has 90 valence electrons. The largest absolute Gasteiger partial charge is 0.257 e. The molecule has 1 heterocycles. The topological polar surface area (TPSA) is 3.88 Å². The number of rotatable bonds is 0. The van der Waals surface area contributed by atoms with Crippen LogP contribution < -0.4 is 4.57 Å². The smallest absolute Gasteiger partial charge is 0.187 e. The van der Waals surface area contributed by atoms with Crippen molar-refractivity contribution in [1.29, 1.82) is 0 Å². The summed E-state index contributed by atoms with van der Waals surface area (Å²) in [5.74, 6) is 6.43. The lowest BCUT2D eigenvalue weighted by atomic mass is 10.2. The van der Waals surface area contributed by atoms with Gasteiger partial charge in [0.05, 0.1) is 0 Å². The van der Waals surface area contributed by atoms with Crippen molar-refractivity contribution in [3.05, 3.63) is 78.0 Å². The van der Waals surface area contributed by atoms with Crippen molar-refractivity contribution in [3.8, 4) is 11.8 Å². The Balaban J connectivity index is 2.08. The summed E-state index contributed by atoms with van der Waals surface area (Å²) >= 11 is 0. The molecular weight excluding hydrogens is 230 g/mol. The van der Waals surface area contributed by atoms with Gasteiger partial charge in [0.25, 0.3) is 5.69 Å². The molecule has 1 nitrogen and oxygen atoms in total. The van der Waals surface area contributed by atoms with E-state index in [1.54, 1.807) is 0 Å². The lowest BCUT2D eigenvalue weighted by Gasteiger charge is -1.97. The van der Waals surface area contributed by atoms with Crippen LogP contribution in [-0.2, 0) is 7.05 Å². The molecule has 0 bridgehead atoms. The van der Waals surface area contributed by atoms with Gasteiger partial charge < -0.3 is 0 Å². The predicted molar refractivity (Wildman–Crippen MR) is 77.5 cm³/mol. The molecule has 2 aromatic carbocycles. The predicted octanol–water partition coefficient (Wildman–Crippen LogP) is 3.06. The van der Waals surface area contributed by atoms with Crippen LogP contribution in [0.5, 0.6) is 0 Å². The molecule has 3 aromatic rings. The zero-order valence-electron chi connectivity index (χ0n) is 10.8. The number of hydrogen-bond donors (Lipinski definition) is 0.